The van der Waals surface area contributed by atoms with E-state index < -0.39 is 0 Å². The highest BCUT2D eigenvalue weighted by Crippen LogP contribution is 2.00. The standard InChI is InChI=1S/C7H13N3O/c1-6(5-11)4-10-3-2-7(8)9-10/h2-3,6,11H,4-5H2,1H3,(H2,8,9). The minimum atomic E-state index is 0.180. The zero-order valence-corrected chi connectivity index (χ0v) is 6.57. The van der Waals surface area contributed by atoms with Crippen LogP contribution in [-0.4, -0.2) is 21.5 Å². The molecule has 1 rings (SSSR count). The van der Waals surface area contributed by atoms with E-state index in [0.29, 0.717) is 12.4 Å². The first-order chi connectivity index (χ1) is 5.22. The molecule has 0 aliphatic heterocycles. The fraction of sp³-hybridized carbons (Fsp3) is 0.571. The summed E-state index contributed by atoms with van der Waals surface area (Å²) in [6.45, 7) is 2.85. The summed E-state index contributed by atoms with van der Waals surface area (Å²) in [6.07, 6.45) is 1.81. The predicted octanol–water partition coefficient (Wildman–Crippen LogP) is 0.0937. The lowest BCUT2D eigenvalue weighted by Crippen LogP contribution is -2.11. The molecule has 1 aromatic rings. The van der Waals surface area contributed by atoms with E-state index in [4.69, 9.17) is 10.8 Å². The molecule has 0 saturated heterocycles. The molecule has 1 atom stereocenters. The number of anilines is 1. The molecule has 0 aromatic carbocycles. The van der Waals surface area contributed by atoms with E-state index in [1.165, 1.54) is 0 Å². The molecule has 4 heteroatoms. The van der Waals surface area contributed by atoms with Crippen LogP contribution in [-0.2, 0) is 6.54 Å². The number of rotatable bonds is 3. The van der Waals surface area contributed by atoms with Gasteiger partial charge in [-0.25, -0.2) is 0 Å². The second-order valence-corrected chi connectivity index (χ2v) is 2.75. The van der Waals surface area contributed by atoms with Crippen LogP contribution in [0.2, 0.25) is 0 Å². The van der Waals surface area contributed by atoms with Gasteiger partial charge >= 0.3 is 0 Å². The van der Waals surface area contributed by atoms with E-state index in [1.807, 2.05) is 13.1 Å². The molecule has 0 amide bonds. The first-order valence-corrected chi connectivity index (χ1v) is 3.62. The monoisotopic (exact) mass is 155 g/mol. The predicted molar refractivity (Wildman–Crippen MR) is 42.9 cm³/mol. The third kappa shape index (κ3) is 2.23. The molecule has 0 aliphatic carbocycles. The summed E-state index contributed by atoms with van der Waals surface area (Å²) < 4.78 is 1.73. The van der Waals surface area contributed by atoms with Crippen LogP contribution in [0.25, 0.3) is 0 Å². The molecular formula is C7H13N3O. The molecule has 0 spiro atoms. The van der Waals surface area contributed by atoms with Gasteiger partial charge in [0.1, 0.15) is 5.82 Å². The number of nitrogens with two attached hydrogens (primary N) is 1. The Morgan fingerprint density at radius 3 is 3.00 bits per heavy atom. The first kappa shape index (κ1) is 8.07. The molecule has 0 fully saturated rings. The van der Waals surface area contributed by atoms with Crippen LogP contribution in [0.15, 0.2) is 12.3 Å². The minimum absolute atomic E-state index is 0.180. The van der Waals surface area contributed by atoms with E-state index in [1.54, 1.807) is 10.7 Å². The second kappa shape index (κ2) is 3.39. The van der Waals surface area contributed by atoms with Crippen molar-refractivity contribution in [1.29, 1.82) is 0 Å². The van der Waals surface area contributed by atoms with Crippen molar-refractivity contribution < 1.29 is 5.11 Å². The fourth-order valence-electron chi connectivity index (χ4n) is 0.856. The second-order valence-electron chi connectivity index (χ2n) is 2.75. The Hall–Kier alpha value is -1.03. The van der Waals surface area contributed by atoms with Crippen LogP contribution in [0, 0.1) is 5.92 Å². The Bertz CT molecular complexity index is 221. The SMILES string of the molecule is CC(CO)Cn1ccc(N)n1. The zero-order chi connectivity index (χ0) is 8.27. The first-order valence-electron chi connectivity index (χ1n) is 3.62. The molecule has 0 saturated carbocycles. The van der Waals surface area contributed by atoms with Gasteiger partial charge in [-0.3, -0.25) is 4.68 Å². The molecule has 4 nitrogen and oxygen atoms in total. The van der Waals surface area contributed by atoms with E-state index in [0.717, 1.165) is 0 Å². The lowest BCUT2D eigenvalue weighted by Gasteiger charge is -2.06. The van der Waals surface area contributed by atoms with E-state index in [-0.39, 0.29) is 12.5 Å². The maximum absolute atomic E-state index is 8.73. The molecule has 3 N–H and O–H groups in total. The van der Waals surface area contributed by atoms with Crippen molar-refractivity contribution in [2.45, 2.75) is 13.5 Å². The Kier molecular flexibility index (Phi) is 2.48. The molecule has 1 aromatic heterocycles. The number of hydrogen-bond donors (Lipinski definition) is 2. The van der Waals surface area contributed by atoms with Crippen molar-refractivity contribution in [2.75, 3.05) is 12.3 Å². The highest BCUT2D eigenvalue weighted by Gasteiger charge is 2.01. The highest BCUT2D eigenvalue weighted by molar-refractivity contribution is 5.23. The summed E-state index contributed by atoms with van der Waals surface area (Å²) in [5, 5.41) is 12.7. The van der Waals surface area contributed by atoms with Gasteiger partial charge in [-0.05, 0) is 12.0 Å². The van der Waals surface area contributed by atoms with Crippen LogP contribution < -0.4 is 5.73 Å². The number of nitrogen functional groups attached to an aromatic ring is 1. The average Bonchev–Trinajstić information content (AvgIpc) is 2.35. The number of aromatic nitrogens is 2. The van der Waals surface area contributed by atoms with Crippen molar-refractivity contribution in [3.05, 3.63) is 12.3 Å². The van der Waals surface area contributed by atoms with Gasteiger partial charge in [0.2, 0.25) is 0 Å². The van der Waals surface area contributed by atoms with E-state index in [2.05, 4.69) is 5.10 Å². The van der Waals surface area contributed by atoms with Crippen LogP contribution in [0.1, 0.15) is 6.92 Å². The Labute approximate surface area is 65.6 Å². The van der Waals surface area contributed by atoms with Crippen molar-refractivity contribution in [1.82, 2.24) is 9.78 Å². The summed E-state index contributed by atoms with van der Waals surface area (Å²) >= 11 is 0. The van der Waals surface area contributed by atoms with Crippen molar-refractivity contribution in [2.24, 2.45) is 5.92 Å². The average molecular weight is 155 g/mol. The molecule has 1 heterocycles. The summed E-state index contributed by atoms with van der Waals surface area (Å²) in [6, 6.07) is 1.74. The van der Waals surface area contributed by atoms with Gasteiger partial charge in [0.25, 0.3) is 0 Å². The largest absolute Gasteiger partial charge is 0.396 e. The minimum Gasteiger partial charge on any atom is -0.396 e. The Balaban J connectivity index is 2.50. The lowest BCUT2D eigenvalue weighted by molar-refractivity contribution is 0.219. The molecular weight excluding hydrogens is 142 g/mol. The number of hydrogen-bond acceptors (Lipinski definition) is 3. The topological polar surface area (TPSA) is 64.1 Å². The molecule has 0 aliphatic rings. The molecule has 11 heavy (non-hydrogen) atoms. The quantitative estimate of drug-likeness (QED) is 0.650. The van der Waals surface area contributed by atoms with Crippen LogP contribution >= 0.6 is 0 Å². The number of aliphatic hydroxyl groups is 1. The number of nitrogens with zero attached hydrogens (tertiary/aromatic N) is 2. The van der Waals surface area contributed by atoms with Gasteiger partial charge in [0, 0.05) is 19.3 Å². The van der Waals surface area contributed by atoms with Gasteiger partial charge in [-0.15, -0.1) is 0 Å². The van der Waals surface area contributed by atoms with Gasteiger partial charge in [0.15, 0.2) is 0 Å². The number of aliphatic hydroxyl groups excluding tert-OH is 1. The summed E-state index contributed by atoms with van der Waals surface area (Å²) in [4.78, 5) is 0. The van der Waals surface area contributed by atoms with Gasteiger partial charge < -0.3 is 10.8 Å². The smallest absolute Gasteiger partial charge is 0.145 e. The van der Waals surface area contributed by atoms with Crippen molar-refractivity contribution in [3.63, 3.8) is 0 Å². The van der Waals surface area contributed by atoms with Crippen LogP contribution in [0.5, 0.6) is 0 Å². The summed E-state index contributed by atoms with van der Waals surface area (Å²) in [7, 11) is 0. The lowest BCUT2D eigenvalue weighted by atomic mass is 10.2. The van der Waals surface area contributed by atoms with Crippen molar-refractivity contribution >= 4 is 5.82 Å². The van der Waals surface area contributed by atoms with E-state index in [9.17, 15) is 0 Å². The van der Waals surface area contributed by atoms with Crippen molar-refractivity contribution in [3.8, 4) is 0 Å². The third-order valence-electron chi connectivity index (χ3n) is 1.47. The maximum Gasteiger partial charge on any atom is 0.145 e. The molecule has 62 valence electrons. The molecule has 0 radical (unpaired) electrons. The van der Waals surface area contributed by atoms with Crippen LogP contribution in [0.3, 0.4) is 0 Å². The highest BCUT2D eigenvalue weighted by atomic mass is 16.3. The van der Waals surface area contributed by atoms with Crippen LogP contribution in [0.4, 0.5) is 5.82 Å². The summed E-state index contributed by atoms with van der Waals surface area (Å²) in [5.41, 5.74) is 5.40. The Morgan fingerprint density at radius 1 is 1.82 bits per heavy atom. The van der Waals surface area contributed by atoms with Gasteiger partial charge in [0.05, 0.1) is 0 Å². The summed E-state index contributed by atoms with van der Waals surface area (Å²) in [5.74, 6) is 0.754. The fourth-order valence-corrected chi connectivity index (χ4v) is 0.856. The van der Waals surface area contributed by atoms with Gasteiger partial charge in [-0.2, -0.15) is 5.10 Å². The zero-order valence-electron chi connectivity index (χ0n) is 6.57. The van der Waals surface area contributed by atoms with Gasteiger partial charge in [-0.1, -0.05) is 6.92 Å². The molecule has 1 unspecified atom stereocenters. The normalized spacial score (nSPS) is 13.3. The maximum atomic E-state index is 8.73. The van der Waals surface area contributed by atoms with E-state index >= 15 is 0 Å². The third-order valence-corrected chi connectivity index (χ3v) is 1.47. The Morgan fingerprint density at radius 2 is 2.55 bits per heavy atom. The molecule has 0 bridgehead atoms.